The zero-order valence-electron chi connectivity index (χ0n) is 15.0. The van der Waals surface area contributed by atoms with Crippen molar-refractivity contribution in [2.24, 2.45) is 0 Å². The standard InChI is InChI=1S/C18H21ClN4O4/c1-18(2,17(26)27)23-11-14(10-21-23)22-15(24)4-3-9-20-16(25)12-5-7-13(19)8-6-12/h5-8,10-11H,3-4,9H2,1-2H3,(H,20,25)(H,22,24)(H,26,27). The Morgan fingerprint density at radius 3 is 2.52 bits per heavy atom. The molecular formula is C18H21ClN4O4. The van der Waals surface area contributed by atoms with E-state index in [-0.39, 0.29) is 18.2 Å². The van der Waals surface area contributed by atoms with Crippen LogP contribution in [0.15, 0.2) is 36.7 Å². The van der Waals surface area contributed by atoms with Crippen LogP contribution in [0, 0.1) is 0 Å². The van der Waals surface area contributed by atoms with Crippen LogP contribution in [0.5, 0.6) is 0 Å². The molecule has 144 valence electrons. The molecular weight excluding hydrogens is 372 g/mol. The Bertz CT molecular complexity index is 830. The fraction of sp³-hybridized carbons (Fsp3) is 0.333. The lowest BCUT2D eigenvalue weighted by Crippen LogP contribution is -2.35. The molecule has 0 aliphatic heterocycles. The number of anilines is 1. The lowest BCUT2D eigenvalue weighted by atomic mass is 10.1. The first-order valence-electron chi connectivity index (χ1n) is 8.32. The van der Waals surface area contributed by atoms with E-state index in [0.717, 1.165) is 0 Å². The second-order valence-corrected chi connectivity index (χ2v) is 6.89. The molecule has 1 heterocycles. The van der Waals surface area contributed by atoms with E-state index in [1.807, 2.05) is 0 Å². The SMILES string of the molecule is CC(C)(C(=O)O)n1cc(NC(=O)CCCNC(=O)c2ccc(Cl)cc2)cn1. The highest BCUT2D eigenvalue weighted by Gasteiger charge is 2.30. The summed E-state index contributed by atoms with van der Waals surface area (Å²) in [5.41, 5.74) is -0.300. The third kappa shape index (κ3) is 5.55. The van der Waals surface area contributed by atoms with Crippen LogP contribution in [0.25, 0.3) is 0 Å². The predicted octanol–water partition coefficient (Wildman–Crippen LogP) is 2.50. The van der Waals surface area contributed by atoms with E-state index in [2.05, 4.69) is 15.7 Å². The zero-order valence-corrected chi connectivity index (χ0v) is 15.8. The van der Waals surface area contributed by atoms with Gasteiger partial charge in [0, 0.05) is 29.7 Å². The molecule has 0 saturated heterocycles. The summed E-state index contributed by atoms with van der Waals surface area (Å²) in [5, 5.41) is 19.1. The largest absolute Gasteiger partial charge is 0.479 e. The van der Waals surface area contributed by atoms with Gasteiger partial charge in [0.15, 0.2) is 5.54 Å². The van der Waals surface area contributed by atoms with Crippen molar-refractivity contribution in [3.63, 3.8) is 0 Å². The molecule has 2 amide bonds. The van der Waals surface area contributed by atoms with Gasteiger partial charge < -0.3 is 15.7 Å². The molecule has 0 atom stereocenters. The van der Waals surface area contributed by atoms with Crippen molar-refractivity contribution in [3.8, 4) is 0 Å². The molecule has 0 saturated carbocycles. The Hall–Kier alpha value is -2.87. The number of halogens is 1. The number of aromatic nitrogens is 2. The van der Waals surface area contributed by atoms with E-state index in [1.165, 1.54) is 30.9 Å². The van der Waals surface area contributed by atoms with Gasteiger partial charge in [0.2, 0.25) is 5.91 Å². The summed E-state index contributed by atoms with van der Waals surface area (Å²) in [7, 11) is 0. The van der Waals surface area contributed by atoms with Crippen LogP contribution in [0.4, 0.5) is 5.69 Å². The number of carboxylic acid groups (broad SMARTS) is 1. The number of carbonyl (C=O) groups excluding carboxylic acids is 2. The van der Waals surface area contributed by atoms with Crippen LogP contribution in [0.1, 0.15) is 37.0 Å². The highest BCUT2D eigenvalue weighted by molar-refractivity contribution is 6.30. The molecule has 8 nitrogen and oxygen atoms in total. The predicted molar refractivity (Wildman–Crippen MR) is 101 cm³/mol. The normalized spacial score (nSPS) is 11.1. The van der Waals surface area contributed by atoms with Crippen LogP contribution in [0.3, 0.4) is 0 Å². The molecule has 9 heteroatoms. The van der Waals surface area contributed by atoms with Crippen molar-refractivity contribution < 1.29 is 19.5 Å². The number of carboxylic acids is 1. The average Bonchev–Trinajstić information content (AvgIpc) is 3.08. The van der Waals surface area contributed by atoms with Crippen molar-refractivity contribution >= 4 is 35.1 Å². The number of amides is 2. The molecule has 0 aliphatic carbocycles. The van der Waals surface area contributed by atoms with Crippen molar-refractivity contribution in [2.75, 3.05) is 11.9 Å². The van der Waals surface area contributed by atoms with Gasteiger partial charge in [-0.2, -0.15) is 5.10 Å². The molecule has 1 aromatic carbocycles. The van der Waals surface area contributed by atoms with Gasteiger partial charge in [-0.05, 0) is 44.5 Å². The fourth-order valence-corrected chi connectivity index (χ4v) is 2.29. The van der Waals surface area contributed by atoms with Gasteiger partial charge in [0.05, 0.1) is 11.9 Å². The minimum atomic E-state index is -1.21. The first-order valence-corrected chi connectivity index (χ1v) is 8.70. The monoisotopic (exact) mass is 392 g/mol. The molecule has 0 radical (unpaired) electrons. The quantitative estimate of drug-likeness (QED) is 0.597. The Labute approximate surface area is 161 Å². The summed E-state index contributed by atoms with van der Waals surface area (Å²) in [5.74, 6) is -1.51. The van der Waals surface area contributed by atoms with E-state index in [9.17, 15) is 19.5 Å². The second-order valence-electron chi connectivity index (χ2n) is 6.45. The third-order valence-electron chi connectivity index (χ3n) is 3.94. The molecule has 0 unspecified atom stereocenters. The molecule has 2 aromatic rings. The van der Waals surface area contributed by atoms with Gasteiger partial charge in [0.25, 0.3) is 5.91 Å². The summed E-state index contributed by atoms with van der Waals surface area (Å²) in [4.78, 5) is 35.1. The molecule has 0 spiro atoms. The first-order chi connectivity index (χ1) is 12.7. The van der Waals surface area contributed by atoms with Gasteiger partial charge in [-0.15, -0.1) is 0 Å². The van der Waals surface area contributed by atoms with Crippen molar-refractivity contribution in [2.45, 2.75) is 32.2 Å². The Morgan fingerprint density at radius 2 is 1.89 bits per heavy atom. The van der Waals surface area contributed by atoms with Crippen LogP contribution in [-0.2, 0) is 15.1 Å². The topological polar surface area (TPSA) is 113 Å². The minimum Gasteiger partial charge on any atom is -0.479 e. The molecule has 0 bridgehead atoms. The smallest absolute Gasteiger partial charge is 0.331 e. The lowest BCUT2D eigenvalue weighted by Gasteiger charge is -2.19. The van der Waals surface area contributed by atoms with Gasteiger partial charge in [-0.25, -0.2) is 4.79 Å². The Kier molecular flexibility index (Phi) is 6.57. The van der Waals surface area contributed by atoms with Crippen LogP contribution in [-0.4, -0.2) is 39.2 Å². The van der Waals surface area contributed by atoms with Gasteiger partial charge in [0.1, 0.15) is 0 Å². The third-order valence-corrected chi connectivity index (χ3v) is 4.19. The molecule has 0 fully saturated rings. The van der Waals surface area contributed by atoms with Crippen LogP contribution in [0.2, 0.25) is 5.02 Å². The number of nitrogens with one attached hydrogen (secondary N) is 2. The second kappa shape index (κ2) is 8.68. The van der Waals surface area contributed by atoms with Gasteiger partial charge >= 0.3 is 5.97 Å². The maximum atomic E-state index is 12.0. The van der Waals surface area contributed by atoms with Crippen LogP contribution >= 0.6 is 11.6 Å². The van der Waals surface area contributed by atoms with Gasteiger partial charge in [-0.1, -0.05) is 11.6 Å². The van der Waals surface area contributed by atoms with E-state index >= 15 is 0 Å². The van der Waals surface area contributed by atoms with Crippen molar-refractivity contribution in [3.05, 3.63) is 47.2 Å². The van der Waals surface area contributed by atoms with Crippen molar-refractivity contribution in [1.29, 1.82) is 0 Å². The summed E-state index contributed by atoms with van der Waals surface area (Å²) in [6, 6.07) is 6.52. The number of hydrogen-bond donors (Lipinski definition) is 3. The average molecular weight is 393 g/mol. The van der Waals surface area contributed by atoms with E-state index in [0.29, 0.717) is 29.2 Å². The summed E-state index contributed by atoms with van der Waals surface area (Å²) in [6.07, 6.45) is 3.52. The number of hydrogen-bond acceptors (Lipinski definition) is 4. The molecule has 1 aromatic heterocycles. The maximum absolute atomic E-state index is 12.0. The van der Waals surface area contributed by atoms with E-state index < -0.39 is 11.5 Å². The van der Waals surface area contributed by atoms with Crippen LogP contribution < -0.4 is 10.6 Å². The highest BCUT2D eigenvalue weighted by Crippen LogP contribution is 2.17. The molecule has 3 N–H and O–H groups in total. The van der Waals surface area contributed by atoms with Gasteiger partial charge in [-0.3, -0.25) is 14.3 Å². The summed E-state index contributed by atoms with van der Waals surface area (Å²) < 4.78 is 1.28. The first kappa shape index (κ1) is 20.4. The highest BCUT2D eigenvalue weighted by atomic mass is 35.5. The fourth-order valence-electron chi connectivity index (χ4n) is 2.17. The van der Waals surface area contributed by atoms with Crippen molar-refractivity contribution in [1.82, 2.24) is 15.1 Å². The molecule has 0 aliphatic rings. The minimum absolute atomic E-state index is 0.203. The zero-order chi connectivity index (χ0) is 20.0. The molecule has 2 rings (SSSR count). The Balaban J connectivity index is 1.75. The number of benzene rings is 1. The summed E-state index contributed by atoms with van der Waals surface area (Å²) >= 11 is 5.78. The molecule has 27 heavy (non-hydrogen) atoms. The number of aliphatic carboxylic acids is 1. The van der Waals surface area contributed by atoms with E-state index in [1.54, 1.807) is 24.3 Å². The number of rotatable bonds is 8. The maximum Gasteiger partial charge on any atom is 0.331 e. The Morgan fingerprint density at radius 1 is 1.22 bits per heavy atom. The number of carbonyl (C=O) groups is 3. The van der Waals surface area contributed by atoms with E-state index in [4.69, 9.17) is 11.6 Å². The number of nitrogens with zero attached hydrogens (tertiary/aromatic N) is 2. The lowest BCUT2D eigenvalue weighted by molar-refractivity contribution is -0.146. The summed E-state index contributed by atoms with van der Waals surface area (Å²) in [6.45, 7) is 3.37.